The first-order chi connectivity index (χ1) is 9.54. The number of phenols is 1. The van der Waals surface area contributed by atoms with Crippen molar-refractivity contribution in [2.45, 2.75) is 19.8 Å². The highest BCUT2D eigenvalue weighted by Gasteiger charge is 2.18. The summed E-state index contributed by atoms with van der Waals surface area (Å²) in [5.41, 5.74) is 0.436. The number of hydrogen-bond donors (Lipinski definition) is 2. The second-order valence-electron chi connectivity index (χ2n) is 4.25. The Balaban J connectivity index is 2.70. The molecule has 6 heteroatoms. The van der Waals surface area contributed by atoms with Crippen LogP contribution in [0.25, 0.3) is 0 Å². The molecule has 0 saturated heterocycles. The molecular formula is C14H19NO5. The Kier molecular flexibility index (Phi) is 6.52. The zero-order valence-corrected chi connectivity index (χ0v) is 11.4. The van der Waals surface area contributed by atoms with E-state index >= 15 is 0 Å². The summed E-state index contributed by atoms with van der Waals surface area (Å²) in [6.07, 6.45) is 0.985. The van der Waals surface area contributed by atoms with E-state index in [9.17, 15) is 14.7 Å². The molecule has 0 unspecified atom stereocenters. The highest BCUT2D eigenvalue weighted by molar-refractivity contribution is 5.97. The quantitative estimate of drug-likeness (QED) is 0.707. The summed E-state index contributed by atoms with van der Waals surface area (Å²) in [6.45, 7) is 2.39. The van der Waals surface area contributed by atoms with Crippen LogP contribution in [0.2, 0.25) is 0 Å². The second kappa shape index (κ2) is 8.16. The number of carboxylic acids is 1. The molecule has 0 bridgehead atoms. The molecule has 0 heterocycles. The van der Waals surface area contributed by atoms with Gasteiger partial charge in [-0.25, -0.2) is 0 Å². The number of rotatable bonds is 8. The molecule has 0 aliphatic carbocycles. The van der Waals surface area contributed by atoms with Crippen LogP contribution in [-0.2, 0) is 14.3 Å². The van der Waals surface area contributed by atoms with Crippen LogP contribution in [0.15, 0.2) is 24.3 Å². The molecule has 1 aromatic rings. The van der Waals surface area contributed by atoms with Gasteiger partial charge in [-0.2, -0.15) is 0 Å². The predicted octanol–water partition coefficient (Wildman–Crippen LogP) is 1.63. The van der Waals surface area contributed by atoms with Gasteiger partial charge in [0.1, 0.15) is 12.3 Å². The topological polar surface area (TPSA) is 87.1 Å². The Morgan fingerprint density at radius 2 is 1.85 bits per heavy atom. The molecule has 0 saturated carbocycles. The van der Waals surface area contributed by atoms with E-state index in [4.69, 9.17) is 9.84 Å². The number of hydrogen-bond acceptors (Lipinski definition) is 4. The molecule has 0 aliphatic heterocycles. The molecule has 0 radical (unpaired) electrons. The highest BCUT2D eigenvalue weighted by atomic mass is 16.5. The van der Waals surface area contributed by atoms with Gasteiger partial charge >= 0.3 is 5.97 Å². The van der Waals surface area contributed by atoms with E-state index < -0.39 is 12.5 Å². The van der Waals surface area contributed by atoms with Gasteiger partial charge in [-0.15, -0.1) is 0 Å². The lowest BCUT2D eigenvalue weighted by Crippen LogP contribution is -2.36. The molecular weight excluding hydrogens is 262 g/mol. The van der Waals surface area contributed by atoms with Gasteiger partial charge in [-0.1, -0.05) is 6.92 Å². The van der Waals surface area contributed by atoms with Crippen LogP contribution >= 0.6 is 0 Å². The van der Waals surface area contributed by atoms with Crippen LogP contribution in [0.5, 0.6) is 5.75 Å². The molecule has 2 N–H and O–H groups in total. The van der Waals surface area contributed by atoms with E-state index in [-0.39, 0.29) is 24.7 Å². The average molecular weight is 281 g/mol. The summed E-state index contributed by atoms with van der Waals surface area (Å²) >= 11 is 0. The molecule has 1 amide bonds. The number of anilines is 1. The third-order valence-electron chi connectivity index (χ3n) is 2.56. The van der Waals surface area contributed by atoms with Crippen LogP contribution in [-0.4, -0.2) is 41.8 Å². The van der Waals surface area contributed by atoms with Gasteiger partial charge < -0.3 is 19.8 Å². The summed E-state index contributed by atoms with van der Waals surface area (Å²) in [4.78, 5) is 24.1. The zero-order valence-electron chi connectivity index (χ0n) is 11.4. The fourth-order valence-corrected chi connectivity index (χ4v) is 1.63. The SMILES string of the molecule is CCCOCCC(=O)N(CC(=O)O)c1ccc(O)cc1. The fourth-order valence-electron chi connectivity index (χ4n) is 1.63. The zero-order chi connectivity index (χ0) is 15.0. The average Bonchev–Trinajstić information content (AvgIpc) is 2.42. The summed E-state index contributed by atoms with van der Waals surface area (Å²) < 4.78 is 5.23. The molecule has 0 aromatic heterocycles. The lowest BCUT2D eigenvalue weighted by atomic mass is 10.2. The van der Waals surface area contributed by atoms with E-state index in [2.05, 4.69) is 0 Å². The highest BCUT2D eigenvalue weighted by Crippen LogP contribution is 2.19. The number of carboxylic acid groups (broad SMARTS) is 1. The molecule has 0 spiro atoms. The van der Waals surface area contributed by atoms with Crippen molar-refractivity contribution < 1.29 is 24.5 Å². The summed E-state index contributed by atoms with van der Waals surface area (Å²) in [5.74, 6) is -1.36. The van der Waals surface area contributed by atoms with Gasteiger partial charge in [0, 0.05) is 12.3 Å². The molecule has 1 aromatic carbocycles. The monoisotopic (exact) mass is 281 g/mol. The Morgan fingerprint density at radius 1 is 1.20 bits per heavy atom. The number of aromatic hydroxyl groups is 1. The minimum atomic E-state index is -1.10. The van der Waals surface area contributed by atoms with E-state index in [1.54, 1.807) is 0 Å². The molecule has 0 aliphatic rings. The van der Waals surface area contributed by atoms with Gasteiger partial charge in [0.25, 0.3) is 0 Å². The number of carbonyl (C=O) groups excluding carboxylic acids is 1. The van der Waals surface area contributed by atoms with E-state index in [0.717, 1.165) is 11.3 Å². The lowest BCUT2D eigenvalue weighted by Gasteiger charge is -2.21. The summed E-state index contributed by atoms with van der Waals surface area (Å²) in [5, 5.41) is 18.1. The summed E-state index contributed by atoms with van der Waals surface area (Å²) in [7, 11) is 0. The van der Waals surface area contributed by atoms with Crippen LogP contribution in [0, 0.1) is 0 Å². The van der Waals surface area contributed by atoms with Crippen molar-refractivity contribution in [2.24, 2.45) is 0 Å². The number of amides is 1. The van der Waals surface area contributed by atoms with Gasteiger partial charge in [-0.05, 0) is 30.7 Å². The Labute approximate surface area is 117 Å². The van der Waals surface area contributed by atoms with Gasteiger partial charge in [0.2, 0.25) is 5.91 Å². The van der Waals surface area contributed by atoms with Gasteiger partial charge in [-0.3, -0.25) is 9.59 Å². The van der Waals surface area contributed by atoms with Crippen molar-refractivity contribution in [1.29, 1.82) is 0 Å². The first kappa shape index (κ1) is 16.0. The van der Waals surface area contributed by atoms with Crippen molar-refractivity contribution in [1.82, 2.24) is 0 Å². The Morgan fingerprint density at radius 3 is 2.40 bits per heavy atom. The maximum atomic E-state index is 12.0. The molecule has 1 rings (SSSR count). The summed E-state index contributed by atoms with van der Waals surface area (Å²) in [6, 6.07) is 5.82. The van der Waals surface area contributed by atoms with Crippen molar-refractivity contribution in [3.8, 4) is 5.75 Å². The number of nitrogens with zero attached hydrogens (tertiary/aromatic N) is 1. The molecule has 6 nitrogen and oxygen atoms in total. The number of benzene rings is 1. The molecule has 110 valence electrons. The fraction of sp³-hybridized carbons (Fsp3) is 0.429. The van der Waals surface area contributed by atoms with E-state index in [1.165, 1.54) is 24.3 Å². The molecule has 20 heavy (non-hydrogen) atoms. The van der Waals surface area contributed by atoms with E-state index in [1.807, 2.05) is 6.92 Å². The van der Waals surface area contributed by atoms with Crippen LogP contribution in [0.1, 0.15) is 19.8 Å². The minimum Gasteiger partial charge on any atom is -0.508 e. The molecule has 0 atom stereocenters. The van der Waals surface area contributed by atoms with Gasteiger partial charge in [0.15, 0.2) is 0 Å². The molecule has 0 fully saturated rings. The van der Waals surface area contributed by atoms with E-state index in [0.29, 0.717) is 12.3 Å². The largest absolute Gasteiger partial charge is 0.508 e. The second-order valence-corrected chi connectivity index (χ2v) is 4.25. The van der Waals surface area contributed by atoms with Gasteiger partial charge in [0.05, 0.1) is 13.0 Å². The van der Waals surface area contributed by atoms with Crippen LogP contribution < -0.4 is 4.90 Å². The first-order valence-corrected chi connectivity index (χ1v) is 6.43. The van der Waals surface area contributed by atoms with Crippen LogP contribution in [0.3, 0.4) is 0 Å². The maximum absolute atomic E-state index is 12.0. The normalized spacial score (nSPS) is 10.2. The smallest absolute Gasteiger partial charge is 0.323 e. The Bertz CT molecular complexity index is 443. The number of carbonyl (C=O) groups is 2. The number of phenolic OH excluding ortho intramolecular Hbond substituents is 1. The third kappa shape index (κ3) is 5.27. The van der Waals surface area contributed by atoms with Crippen LogP contribution in [0.4, 0.5) is 5.69 Å². The lowest BCUT2D eigenvalue weighted by molar-refractivity contribution is -0.136. The first-order valence-electron chi connectivity index (χ1n) is 6.43. The predicted molar refractivity (Wildman–Crippen MR) is 73.8 cm³/mol. The minimum absolute atomic E-state index is 0.0581. The standard InChI is InChI=1S/C14H19NO5/c1-2-8-20-9-7-13(17)15(10-14(18)19)11-3-5-12(16)6-4-11/h3-6,16H,2,7-10H2,1H3,(H,18,19). The number of aliphatic carboxylic acids is 1. The van der Waals surface area contributed by atoms with Crippen molar-refractivity contribution in [3.63, 3.8) is 0 Å². The van der Waals surface area contributed by atoms with Crippen molar-refractivity contribution in [2.75, 3.05) is 24.7 Å². The Hall–Kier alpha value is -2.08. The number of ether oxygens (including phenoxy) is 1. The van der Waals surface area contributed by atoms with Crippen molar-refractivity contribution >= 4 is 17.6 Å². The maximum Gasteiger partial charge on any atom is 0.323 e. The van der Waals surface area contributed by atoms with Crippen molar-refractivity contribution in [3.05, 3.63) is 24.3 Å². The third-order valence-corrected chi connectivity index (χ3v) is 2.56.